The number of anilines is 1. The van der Waals surface area contributed by atoms with E-state index in [1.807, 2.05) is 26.0 Å². The smallest absolute Gasteiger partial charge is 0.228 e. The third-order valence-electron chi connectivity index (χ3n) is 3.04. The zero-order valence-corrected chi connectivity index (χ0v) is 14.4. The summed E-state index contributed by atoms with van der Waals surface area (Å²) in [5.41, 5.74) is 8.07. The van der Waals surface area contributed by atoms with Gasteiger partial charge in [-0.3, -0.25) is 4.79 Å². The van der Waals surface area contributed by atoms with Crippen molar-refractivity contribution in [3.63, 3.8) is 0 Å². The van der Waals surface area contributed by atoms with E-state index in [0.717, 1.165) is 17.2 Å². The molecule has 0 spiro atoms. The van der Waals surface area contributed by atoms with E-state index in [1.165, 1.54) is 0 Å². The van der Waals surface area contributed by atoms with E-state index in [0.29, 0.717) is 12.2 Å². The molecule has 122 valence electrons. The van der Waals surface area contributed by atoms with Crippen molar-refractivity contribution in [1.82, 2.24) is 14.8 Å². The number of aromatic nitrogens is 3. The van der Waals surface area contributed by atoms with Gasteiger partial charge in [-0.2, -0.15) is 5.10 Å². The first-order valence-electron chi connectivity index (χ1n) is 6.52. The van der Waals surface area contributed by atoms with Crippen LogP contribution in [0.5, 0.6) is 0 Å². The Morgan fingerprint density at radius 1 is 1.36 bits per heavy atom. The predicted molar refractivity (Wildman–Crippen MR) is 92.2 cm³/mol. The zero-order valence-electron chi connectivity index (χ0n) is 12.7. The second-order valence-electron chi connectivity index (χ2n) is 4.87. The minimum atomic E-state index is -0.217. The second kappa shape index (κ2) is 8.73. The van der Waals surface area contributed by atoms with Gasteiger partial charge in [0.2, 0.25) is 5.91 Å². The van der Waals surface area contributed by atoms with Gasteiger partial charge < -0.3 is 11.1 Å². The van der Waals surface area contributed by atoms with E-state index < -0.39 is 0 Å². The van der Waals surface area contributed by atoms with Crippen molar-refractivity contribution >= 4 is 36.4 Å². The van der Waals surface area contributed by atoms with Crippen LogP contribution in [0, 0.1) is 19.8 Å². The summed E-state index contributed by atoms with van der Waals surface area (Å²) in [7, 11) is 0. The third kappa shape index (κ3) is 4.69. The standard InChI is InChI=1S/C14H19N5O.2ClH/c1-9(7-15)14(20)17-12-4-5-13(16-8-12)19-11(3)6-10(2)18-19;;/h4-6,8-9H,7,15H2,1-3H3,(H,17,20);2*1H. The molecule has 0 aliphatic rings. The van der Waals surface area contributed by atoms with Gasteiger partial charge in [-0.1, -0.05) is 6.92 Å². The Labute approximate surface area is 142 Å². The van der Waals surface area contributed by atoms with Crippen LogP contribution in [0.1, 0.15) is 18.3 Å². The minimum Gasteiger partial charge on any atom is -0.330 e. The summed E-state index contributed by atoms with van der Waals surface area (Å²) >= 11 is 0. The fourth-order valence-corrected chi connectivity index (χ4v) is 1.82. The van der Waals surface area contributed by atoms with Crippen molar-refractivity contribution in [3.05, 3.63) is 35.8 Å². The van der Waals surface area contributed by atoms with Crippen LogP contribution in [0.25, 0.3) is 5.82 Å². The molecular formula is C14H21Cl2N5O. The number of carbonyl (C=O) groups excluding carboxylic acids is 1. The number of pyridine rings is 1. The van der Waals surface area contributed by atoms with E-state index in [2.05, 4.69) is 15.4 Å². The molecule has 1 amide bonds. The Hall–Kier alpha value is -1.63. The van der Waals surface area contributed by atoms with E-state index in [9.17, 15) is 4.79 Å². The molecule has 2 aromatic rings. The van der Waals surface area contributed by atoms with E-state index in [-0.39, 0.29) is 36.6 Å². The molecule has 2 rings (SSSR count). The van der Waals surface area contributed by atoms with E-state index in [4.69, 9.17) is 5.73 Å². The highest BCUT2D eigenvalue weighted by atomic mass is 35.5. The normalized spacial score (nSPS) is 11.1. The first-order valence-corrected chi connectivity index (χ1v) is 6.52. The predicted octanol–water partition coefficient (Wildman–Crippen LogP) is 2.26. The molecule has 3 N–H and O–H groups in total. The second-order valence-corrected chi connectivity index (χ2v) is 4.87. The van der Waals surface area contributed by atoms with Gasteiger partial charge in [0.25, 0.3) is 0 Å². The molecule has 0 aliphatic carbocycles. The van der Waals surface area contributed by atoms with Gasteiger partial charge in [0.15, 0.2) is 5.82 Å². The summed E-state index contributed by atoms with van der Waals surface area (Å²) in [6.07, 6.45) is 1.62. The third-order valence-corrected chi connectivity index (χ3v) is 3.04. The fraction of sp³-hybridized carbons (Fsp3) is 0.357. The van der Waals surface area contributed by atoms with E-state index >= 15 is 0 Å². The van der Waals surface area contributed by atoms with Crippen LogP contribution in [0.4, 0.5) is 5.69 Å². The first-order chi connectivity index (χ1) is 9.51. The molecule has 22 heavy (non-hydrogen) atoms. The molecule has 0 fully saturated rings. The van der Waals surface area contributed by atoms with Crippen LogP contribution in [-0.2, 0) is 4.79 Å². The quantitative estimate of drug-likeness (QED) is 0.889. The molecule has 1 atom stereocenters. The maximum absolute atomic E-state index is 11.7. The highest BCUT2D eigenvalue weighted by molar-refractivity contribution is 5.92. The maximum atomic E-state index is 11.7. The lowest BCUT2D eigenvalue weighted by Crippen LogP contribution is -2.26. The van der Waals surface area contributed by atoms with Crippen molar-refractivity contribution in [2.75, 3.05) is 11.9 Å². The molecule has 2 aromatic heterocycles. The molecule has 0 saturated heterocycles. The van der Waals surface area contributed by atoms with Crippen molar-refractivity contribution in [2.24, 2.45) is 11.7 Å². The number of nitrogens with two attached hydrogens (primary N) is 1. The SMILES string of the molecule is Cc1cc(C)n(-c2ccc(NC(=O)C(C)CN)cn2)n1.Cl.Cl. The van der Waals surface area contributed by atoms with Crippen molar-refractivity contribution in [1.29, 1.82) is 0 Å². The number of hydrogen-bond donors (Lipinski definition) is 2. The molecule has 0 saturated carbocycles. The molecule has 6 nitrogen and oxygen atoms in total. The number of nitrogens with one attached hydrogen (secondary N) is 1. The number of nitrogens with zero attached hydrogens (tertiary/aromatic N) is 3. The lowest BCUT2D eigenvalue weighted by molar-refractivity contribution is -0.119. The minimum absolute atomic E-state index is 0. The maximum Gasteiger partial charge on any atom is 0.228 e. The number of carbonyl (C=O) groups is 1. The first kappa shape index (κ1) is 20.4. The lowest BCUT2D eigenvalue weighted by atomic mass is 10.1. The van der Waals surface area contributed by atoms with Gasteiger partial charge in [-0.15, -0.1) is 24.8 Å². The summed E-state index contributed by atoms with van der Waals surface area (Å²) in [6, 6.07) is 5.61. The number of halogens is 2. The van der Waals surface area contributed by atoms with Crippen LogP contribution < -0.4 is 11.1 Å². The summed E-state index contributed by atoms with van der Waals surface area (Å²) in [6.45, 7) is 6.02. The molecule has 0 bridgehead atoms. The fourth-order valence-electron chi connectivity index (χ4n) is 1.82. The van der Waals surface area contributed by atoms with Crippen LogP contribution in [0.15, 0.2) is 24.4 Å². The summed E-state index contributed by atoms with van der Waals surface area (Å²) in [5, 5.41) is 7.14. The van der Waals surface area contributed by atoms with Crippen molar-refractivity contribution < 1.29 is 4.79 Å². The van der Waals surface area contributed by atoms with Gasteiger partial charge in [-0.05, 0) is 32.0 Å². The molecule has 0 aromatic carbocycles. The Bertz CT molecular complexity index is 612. The molecule has 8 heteroatoms. The van der Waals surface area contributed by atoms with Crippen LogP contribution in [0.2, 0.25) is 0 Å². The number of amides is 1. The average molecular weight is 346 g/mol. The topological polar surface area (TPSA) is 85.8 Å². The van der Waals surface area contributed by atoms with Crippen LogP contribution >= 0.6 is 24.8 Å². The van der Waals surface area contributed by atoms with Crippen molar-refractivity contribution in [3.8, 4) is 5.82 Å². The molecule has 0 aliphatic heterocycles. The number of rotatable bonds is 4. The van der Waals surface area contributed by atoms with Gasteiger partial charge >= 0.3 is 0 Å². The van der Waals surface area contributed by atoms with Crippen LogP contribution in [0.3, 0.4) is 0 Å². The largest absolute Gasteiger partial charge is 0.330 e. The van der Waals surface area contributed by atoms with Crippen LogP contribution in [-0.4, -0.2) is 27.2 Å². The summed E-state index contributed by atoms with van der Waals surface area (Å²) in [5.74, 6) is 0.402. The summed E-state index contributed by atoms with van der Waals surface area (Å²) < 4.78 is 1.77. The van der Waals surface area contributed by atoms with Gasteiger partial charge in [-0.25, -0.2) is 9.67 Å². The Kier molecular flexibility index (Phi) is 8.08. The Balaban J connectivity index is 0.00000220. The molecule has 2 heterocycles. The Morgan fingerprint density at radius 2 is 2.05 bits per heavy atom. The number of hydrogen-bond acceptors (Lipinski definition) is 4. The molecule has 1 unspecified atom stereocenters. The molecule has 0 radical (unpaired) electrons. The van der Waals surface area contributed by atoms with Gasteiger partial charge in [0, 0.05) is 18.2 Å². The highest BCUT2D eigenvalue weighted by Gasteiger charge is 2.11. The molecular weight excluding hydrogens is 325 g/mol. The van der Waals surface area contributed by atoms with E-state index in [1.54, 1.807) is 23.9 Å². The van der Waals surface area contributed by atoms with Crippen molar-refractivity contribution in [2.45, 2.75) is 20.8 Å². The average Bonchev–Trinajstić information content (AvgIpc) is 2.77. The Morgan fingerprint density at radius 3 is 2.50 bits per heavy atom. The monoisotopic (exact) mass is 345 g/mol. The van der Waals surface area contributed by atoms with Gasteiger partial charge in [0.1, 0.15) is 0 Å². The summed E-state index contributed by atoms with van der Waals surface area (Å²) in [4.78, 5) is 16.0. The zero-order chi connectivity index (χ0) is 14.7. The number of aryl methyl sites for hydroxylation is 2. The highest BCUT2D eigenvalue weighted by Crippen LogP contribution is 2.13. The van der Waals surface area contributed by atoms with Gasteiger partial charge in [0.05, 0.1) is 17.6 Å². The lowest BCUT2D eigenvalue weighted by Gasteiger charge is -2.10.